The molecule has 1 saturated heterocycles. The van der Waals surface area contributed by atoms with Crippen LogP contribution in [-0.2, 0) is 4.74 Å². The molecule has 0 aromatic rings. The van der Waals surface area contributed by atoms with E-state index in [0.717, 1.165) is 0 Å². The highest BCUT2D eigenvalue weighted by atomic mass is 19.4. The maximum absolute atomic E-state index is 12.0. The van der Waals surface area contributed by atoms with E-state index >= 15 is 0 Å². The molecule has 1 atom stereocenters. The van der Waals surface area contributed by atoms with Crippen molar-refractivity contribution in [1.29, 1.82) is 0 Å². The predicted molar refractivity (Wildman–Crippen MR) is 50.3 cm³/mol. The molecular formula is C8H14F3N3O2. The molecule has 5 nitrogen and oxygen atoms in total. The SMILES string of the molecule is NC(=NO)C1CN(CCC(F)(F)F)CCO1. The predicted octanol–water partition coefficient (Wildman–Crippen LogP) is 0.386. The van der Waals surface area contributed by atoms with Gasteiger partial charge in [0.05, 0.1) is 13.0 Å². The van der Waals surface area contributed by atoms with Gasteiger partial charge in [0, 0.05) is 19.6 Å². The second-order valence-corrected chi connectivity index (χ2v) is 3.55. The molecule has 0 aromatic heterocycles. The molecule has 0 aromatic carbocycles. The molecule has 0 aliphatic carbocycles. The summed E-state index contributed by atoms with van der Waals surface area (Å²) in [5.74, 6) is -0.114. The van der Waals surface area contributed by atoms with Gasteiger partial charge in [-0.25, -0.2) is 0 Å². The third-order valence-electron chi connectivity index (χ3n) is 2.31. The van der Waals surface area contributed by atoms with Crippen molar-refractivity contribution in [3.8, 4) is 0 Å². The number of oxime groups is 1. The number of morpholine rings is 1. The molecule has 1 unspecified atom stereocenters. The Balaban J connectivity index is 2.39. The average molecular weight is 241 g/mol. The van der Waals surface area contributed by atoms with Crippen LogP contribution in [0, 0.1) is 0 Å². The molecule has 1 heterocycles. The van der Waals surface area contributed by atoms with Crippen LogP contribution in [0.3, 0.4) is 0 Å². The van der Waals surface area contributed by atoms with Crippen molar-refractivity contribution in [3.63, 3.8) is 0 Å². The van der Waals surface area contributed by atoms with E-state index in [1.54, 1.807) is 4.90 Å². The number of amidine groups is 1. The fourth-order valence-corrected chi connectivity index (χ4v) is 1.43. The first-order valence-corrected chi connectivity index (χ1v) is 4.80. The van der Waals surface area contributed by atoms with Crippen LogP contribution in [0.1, 0.15) is 6.42 Å². The number of nitrogens with two attached hydrogens (primary N) is 1. The molecule has 1 aliphatic heterocycles. The molecule has 3 N–H and O–H groups in total. The van der Waals surface area contributed by atoms with Crippen molar-refractivity contribution >= 4 is 5.84 Å². The van der Waals surface area contributed by atoms with Gasteiger partial charge in [0.25, 0.3) is 0 Å². The summed E-state index contributed by atoms with van der Waals surface area (Å²) in [5.41, 5.74) is 5.32. The van der Waals surface area contributed by atoms with Crippen LogP contribution >= 0.6 is 0 Å². The zero-order valence-corrected chi connectivity index (χ0v) is 8.57. The number of hydrogen-bond acceptors (Lipinski definition) is 4. The lowest BCUT2D eigenvalue weighted by Crippen LogP contribution is -2.49. The van der Waals surface area contributed by atoms with Crippen LogP contribution in [0.15, 0.2) is 5.16 Å². The van der Waals surface area contributed by atoms with Gasteiger partial charge in [0.15, 0.2) is 5.84 Å². The Kier molecular flexibility index (Phi) is 4.36. The smallest absolute Gasteiger partial charge is 0.390 e. The number of hydrogen-bond donors (Lipinski definition) is 2. The van der Waals surface area contributed by atoms with Crippen molar-refractivity contribution in [2.75, 3.05) is 26.2 Å². The van der Waals surface area contributed by atoms with Gasteiger partial charge >= 0.3 is 6.18 Å². The van der Waals surface area contributed by atoms with Crippen molar-refractivity contribution in [3.05, 3.63) is 0 Å². The summed E-state index contributed by atoms with van der Waals surface area (Å²) < 4.78 is 41.1. The van der Waals surface area contributed by atoms with E-state index in [9.17, 15) is 13.2 Å². The standard InChI is InChI=1S/C8H14F3N3O2/c9-8(10,11)1-2-14-3-4-16-6(5-14)7(12)13-15/h6,15H,1-5H2,(H2,12,13). The Hall–Kier alpha value is -1.02. The van der Waals surface area contributed by atoms with Crippen molar-refractivity contribution in [2.45, 2.75) is 18.7 Å². The first kappa shape index (κ1) is 13.0. The van der Waals surface area contributed by atoms with E-state index in [4.69, 9.17) is 15.7 Å². The second-order valence-electron chi connectivity index (χ2n) is 3.55. The van der Waals surface area contributed by atoms with E-state index < -0.39 is 18.7 Å². The zero-order chi connectivity index (χ0) is 12.2. The molecule has 1 rings (SSSR count). The number of halogens is 3. The highest BCUT2D eigenvalue weighted by Crippen LogP contribution is 2.20. The number of rotatable bonds is 3. The van der Waals surface area contributed by atoms with Crippen molar-refractivity contribution in [2.24, 2.45) is 10.9 Å². The summed E-state index contributed by atoms with van der Waals surface area (Å²) >= 11 is 0. The zero-order valence-electron chi connectivity index (χ0n) is 8.57. The Morgan fingerprint density at radius 1 is 1.56 bits per heavy atom. The molecule has 0 amide bonds. The molecule has 0 saturated carbocycles. The Bertz CT molecular complexity index is 257. The summed E-state index contributed by atoms with van der Waals surface area (Å²) in [6, 6.07) is 0. The second kappa shape index (κ2) is 5.35. The fourth-order valence-electron chi connectivity index (χ4n) is 1.43. The first-order valence-electron chi connectivity index (χ1n) is 4.80. The van der Waals surface area contributed by atoms with E-state index in [1.165, 1.54) is 0 Å². The Labute approximate surface area is 90.6 Å². The first-order chi connectivity index (χ1) is 7.42. The summed E-state index contributed by atoms with van der Waals surface area (Å²) in [6.45, 7) is 0.818. The molecule has 16 heavy (non-hydrogen) atoms. The van der Waals surface area contributed by atoms with Crippen LogP contribution in [0.25, 0.3) is 0 Å². The third-order valence-corrected chi connectivity index (χ3v) is 2.31. The van der Waals surface area contributed by atoms with E-state index in [0.29, 0.717) is 6.54 Å². The van der Waals surface area contributed by atoms with Gasteiger partial charge in [0.1, 0.15) is 6.10 Å². The normalized spacial score (nSPS) is 24.7. The summed E-state index contributed by atoms with van der Waals surface area (Å²) in [5, 5.41) is 11.2. The lowest BCUT2D eigenvalue weighted by Gasteiger charge is -2.32. The van der Waals surface area contributed by atoms with Gasteiger partial charge in [0.2, 0.25) is 0 Å². The minimum absolute atomic E-state index is 0.0952. The number of ether oxygens (including phenoxy) is 1. The molecule has 1 fully saturated rings. The minimum Gasteiger partial charge on any atom is -0.409 e. The molecule has 1 aliphatic rings. The maximum Gasteiger partial charge on any atom is 0.390 e. The van der Waals surface area contributed by atoms with Gasteiger partial charge in [-0.2, -0.15) is 13.2 Å². The lowest BCUT2D eigenvalue weighted by atomic mass is 10.2. The highest BCUT2D eigenvalue weighted by molar-refractivity contribution is 5.84. The van der Waals surface area contributed by atoms with E-state index in [2.05, 4.69) is 5.16 Å². The van der Waals surface area contributed by atoms with Crippen LogP contribution in [0.2, 0.25) is 0 Å². The molecule has 94 valence electrons. The molecule has 0 radical (unpaired) electrons. The molecular weight excluding hydrogens is 227 g/mol. The van der Waals surface area contributed by atoms with Gasteiger partial charge in [-0.15, -0.1) is 0 Å². The molecule has 0 bridgehead atoms. The summed E-state index contributed by atoms with van der Waals surface area (Å²) in [4.78, 5) is 1.58. The number of alkyl halides is 3. The van der Waals surface area contributed by atoms with Crippen molar-refractivity contribution in [1.82, 2.24) is 4.90 Å². The monoisotopic (exact) mass is 241 g/mol. The van der Waals surface area contributed by atoms with Crippen LogP contribution in [0.4, 0.5) is 13.2 Å². The van der Waals surface area contributed by atoms with Gasteiger partial charge in [-0.1, -0.05) is 5.16 Å². The van der Waals surface area contributed by atoms with Gasteiger partial charge in [-0.05, 0) is 0 Å². The quantitative estimate of drug-likeness (QED) is 0.324. The van der Waals surface area contributed by atoms with Gasteiger partial charge < -0.3 is 15.7 Å². The van der Waals surface area contributed by atoms with Crippen LogP contribution < -0.4 is 5.73 Å². The average Bonchev–Trinajstić information content (AvgIpc) is 2.25. The minimum atomic E-state index is -4.16. The van der Waals surface area contributed by atoms with E-state index in [-0.39, 0.29) is 25.5 Å². The van der Waals surface area contributed by atoms with E-state index in [1.807, 2.05) is 0 Å². The maximum atomic E-state index is 12.0. The molecule has 0 spiro atoms. The van der Waals surface area contributed by atoms with Crippen molar-refractivity contribution < 1.29 is 23.1 Å². The van der Waals surface area contributed by atoms with Crippen LogP contribution in [-0.4, -0.2) is 54.5 Å². The lowest BCUT2D eigenvalue weighted by molar-refractivity contribution is -0.140. The Morgan fingerprint density at radius 2 is 2.25 bits per heavy atom. The highest BCUT2D eigenvalue weighted by Gasteiger charge is 2.30. The van der Waals surface area contributed by atoms with Crippen LogP contribution in [0.5, 0.6) is 0 Å². The Morgan fingerprint density at radius 3 is 2.81 bits per heavy atom. The summed E-state index contributed by atoms with van der Waals surface area (Å²) in [7, 11) is 0. The third kappa shape index (κ3) is 4.23. The molecule has 8 heteroatoms. The van der Waals surface area contributed by atoms with Gasteiger partial charge in [-0.3, -0.25) is 4.90 Å². The largest absolute Gasteiger partial charge is 0.409 e. The summed E-state index contributed by atoms with van der Waals surface area (Å²) in [6.07, 6.45) is -5.66. The topological polar surface area (TPSA) is 71.1 Å². The fraction of sp³-hybridized carbons (Fsp3) is 0.875. The number of nitrogens with zero attached hydrogens (tertiary/aromatic N) is 2.